The molecule has 2 heterocycles. The molecule has 6 nitrogen and oxygen atoms in total. The minimum atomic E-state index is -0.498. The van der Waals surface area contributed by atoms with Crippen molar-refractivity contribution < 1.29 is 18.7 Å². The highest BCUT2D eigenvalue weighted by Crippen LogP contribution is 2.37. The zero-order valence-corrected chi connectivity index (χ0v) is 18.3. The van der Waals surface area contributed by atoms with Gasteiger partial charge >= 0.3 is 6.09 Å². The van der Waals surface area contributed by atoms with Crippen LogP contribution in [0, 0.1) is 13.8 Å². The summed E-state index contributed by atoms with van der Waals surface area (Å²) in [4.78, 5) is 18.9. The summed E-state index contributed by atoms with van der Waals surface area (Å²) in [6.45, 7) is 12.1. The fourth-order valence-electron chi connectivity index (χ4n) is 3.79. The van der Waals surface area contributed by atoms with Gasteiger partial charge in [0.05, 0.1) is 18.3 Å². The van der Waals surface area contributed by atoms with Gasteiger partial charge in [0.25, 0.3) is 0 Å². The summed E-state index contributed by atoms with van der Waals surface area (Å²) in [5.41, 5.74) is 1.55. The number of hydrogen-bond acceptors (Lipinski definition) is 5. The number of oxazole rings is 1. The Hall–Kier alpha value is -2.50. The standard InChI is InChI=1S/C23H32N2O4/c1-15-7-12-21(25(15)22(26)29-23(4,5)6)18-8-10-19(11-9-18)27-14-13-20-16(2)28-17(3)24-20/h8-11,15,21H,7,12-14H2,1-6H3. The molecule has 0 aliphatic carbocycles. The number of amides is 1. The van der Waals surface area contributed by atoms with Gasteiger partial charge in [-0.25, -0.2) is 9.78 Å². The van der Waals surface area contributed by atoms with Crippen molar-refractivity contribution in [2.75, 3.05) is 6.61 Å². The Morgan fingerprint density at radius 3 is 2.48 bits per heavy atom. The summed E-state index contributed by atoms with van der Waals surface area (Å²) in [5.74, 6) is 2.34. The Morgan fingerprint density at radius 2 is 1.90 bits per heavy atom. The molecule has 1 saturated heterocycles. The van der Waals surface area contributed by atoms with Gasteiger partial charge in [-0.1, -0.05) is 12.1 Å². The van der Waals surface area contributed by atoms with Crippen molar-refractivity contribution in [2.24, 2.45) is 0 Å². The van der Waals surface area contributed by atoms with Crippen molar-refractivity contribution in [3.05, 3.63) is 47.2 Å². The Kier molecular flexibility index (Phi) is 6.20. The minimum absolute atomic E-state index is 0.0367. The van der Waals surface area contributed by atoms with Crippen LogP contribution in [-0.4, -0.2) is 34.2 Å². The molecule has 1 aromatic heterocycles. The molecule has 29 heavy (non-hydrogen) atoms. The molecule has 1 aliphatic heterocycles. The fraction of sp³-hybridized carbons (Fsp3) is 0.565. The molecule has 0 spiro atoms. The lowest BCUT2D eigenvalue weighted by molar-refractivity contribution is 0.0158. The fourth-order valence-corrected chi connectivity index (χ4v) is 3.79. The summed E-state index contributed by atoms with van der Waals surface area (Å²) in [6, 6.07) is 8.22. The van der Waals surface area contributed by atoms with Crippen molar-refractivity contribution in [3.63, 3.8) is 0 Å². The summed E-state index contributed by atoms with van der Waals surface area (Å²) >= 11 is 0. The van der Waals surface area contributed by atoms with Gasteiger partial charge in [0.1, 0.15) is 17.1 Å². The highest BCUT2D eigenvalue weighted by Gasteiger charge is 2.37. The molecule has 1 amide bonds. The monoisotopic (exact) mass is 400 g/mol. The van der Waals surface area contributed by atoms with E-state index in [0.717, 1.165) is 35.6 Å². The van der Waals surface area contributed by atoms with Crippen molar-refractivity contribution in [2.45, 2.75) is 78.5 Å². The first kappa shape index (κ1) is 21.2. The molecule has 0 N–H and O–H groups in total. The summed E-state index contributed by atoms with van der Waals surface area (Å²) in [5, 5.41) is 0. The van der Waals surface area contributed by atoms with E-state index in [0.29, 0.717) is 18.9 Å². The maximum absolute atomic E-state index is 12.7. The van der Waals surface area contributed by atoms with Crippen molar-refractivity contribution in [3.8, 4) is 5.75 Å². The number of benzene rings is 1. The molecule has 0 saturated carbocycles. The van der Waals surface area contributed by atoms with E-state index in [4.69, 9.17) is 13.9 Å². The van der Waals surface area contributed by atoms with Crippen LogP contribution in [0.3, 0.4) is 0 Å². The molecule has 1 fully saturated rings. The first-order valence-corrected chi connectivity index (χ1v) is 10.3. The normalized spacial score (nSPS) is 19.4. The van der Waals surface area contributed by atoms with E-state index in [-0.39, 0.29) is 18.2 Å². The van der Waals surface area contributed by atoms with Gasteiger partial charge in [-0.3, -0.25) is 4.90 Å². The smallest absolute Gasteiger partial charge is 0.411 e. The average molecular weight is 401 g/mol. The summed E-state index contributed by atoms with van der Waals surface area (Å²) in [6.07, 6.45) is 2.37. The second-order valence-electron chi connectivity index (χ2n) is 8.73. The zero-order valence-electron chi connectivity index (χ0n) is 18.3. The SMILES string of the molecule is Cc1nc(CCOc2ccc(C3CCC(C)N3C(=O)OC(C)(C)C)cc2)c(C)o1. The largest absolute Gasteiger partial charge is 0.493 e. The molecule has 1 aromatic carbocycles. The first-order valence-electron chi connectivity index (χ1n) is 10.3. The number of ether oxygens (including phenoxy) is 2. The lowest BCUT2D eigenvalue weighted by atomic mass is 10.0. The molecule has 2 atom stereocenters. The maximum atomic E-state index is 12.7. The molecule has 2 unspecified atom stereocenters. The Morgan fingerprint density at radius 1 is 1.21 bits per heavy atom. The van der Waals surface area contributed by atoms with Crippen LogP contribution in [-0.2, 0) is 11.2 Å². The van der Waals surface area contributed by atoms with E-state index >= 15 is 0 Å². The number of likely N-dealkylation sites (tertiary alicyclic amines) is 1. The number of carbonyl (C=O) groups is 1. The molecule has 158 valence electrons. The molecular weight excluding hydrogens is 368 g/mol. The van der Waals surface area contributed by atoms with Gasteiger partial charge in [0.2, 0.25) is 0 Å². The third-order valence-electron chi connectivity index (χ3n) is 5.14. The zero-order chi connectivity index (χ0) is 21.2. The molecular formula is C23H32N2O4. The molecule has 6 heteroatoms. The van der Waals surface area contributed by atoms with E-state index < -0.39 is 5.60 Å². The topological polar surface area (TPSA) is 64.8 Å². The second-order valence-corrected chi connectivity index (χ2v) is 8.73. The van der Waals surface area contributed by atoms with Gasteiger partial charge in [-0.05, 0) is 65.2 Å². The second kappa shape index (κ2) is 8.47. The molecule has 3 rings (SSSR count). The van der Waals surface area contributed by atoms with Gasteiger partial charge in [-0.2, -0.15) is 0 Å². The summed E-state index contributed by atoms with van der Waals surface area (Å²) < 4.78 is 16.9. The summed E-state index contributed by atoms with van der Waals surface area (Å²) in [7, 11) is 0. The van der Waals surface area contributed by atoms with Gasteiger partial charge in [0.15, 0.2) is 5.89 Å². The van der Waals surface area contributed by atoms with Crippen LogP contribution in [0.15, 0.2) is 28.7 Å². The van der Waals surface area contributed by atoms with Crippen molar-refractivity contribution in [1.82, 2.24) is 9.88 Å². The Balaban J connectivity index is 1.61. The number of nitrogens with zero attached hydrogens (tertiary/aromatic N) is 2. The van der Waals surface area contributed by atoms with E-state index in [1.165, 1.54) is 0 Å². The van der Waals surface area contributed by atoms with Crippen LogP contribution >= 0.6 is 0 Å². The van der Waals surface area contributed by atoms with Crippen LogP contribution in [0.1, 0.15) is 69.5 Å². The molecule has 1 aliphatic rings. The van der Waals surface area contributed by atoms with E-state index in [9.17, 15) is 4.79 Å². The number of carbonyl (C=O) groups excluding carboxylic acids is 1. The third kappa shape index (κ3) is 5.31. The number of aromatic nitrogens is 1. The van der Waals surface area contributed by atoms with Crippen molar-refractivity contribution >= 4 is 6.09 Å². The predicted octanol–water partition coefficient (Wildman–Crippen LogP) is 5.37. The molecule has 2 aromatic rings. The number of rotatable bonds is 5. The third-order valence-corrected chi connectivity index (χ3v) is 5.14. The predicted molar refractivity (Wildman–Crippen MR) is 111 cm³/mol. The van der Waals surface area contributed by atoms with Crippen LogP contribution < -0.4 is 4.74 Å². The lowest BCUT2D eigenvalue weighted by Crippen LogP contribution is -2.40. The van der Waals surface area contributed by atoms with Gasteiger partial charge in [0, 0.05) is 19.4 Å². The minimum Gasteiger partial charge on any atom is -0.493 e. The Bertz CT molecular complexity index is 836. The number of aryl methyl sites for hydroxylation is 2. The van der Waals surface area contributed by atoms with Gasteiger partial charge in [-0.15, -0.1) is 0 Å². The Labute approximate surface area is 173 Å². The van der Waals surface area contributed by atoms with E-state index in [2.05, 4.69) is 11.9 Å². The highest BCUT2D eigenvalue weighted by molar-refractivity contribution is 5.69. The van der Waals surface area contributed by atoms with Gasteiger partial charge < -0.3 is 13.9 Å². The van der Waals surface area contributed by atoms with Crippen LogP contribution in [0.4, 0.5) is 4.79 Å². The van der Waals surface area contributed by atoms with E-state index in [1.807, 2.05) is 63.8 Å². The van der Waals surface area contributed by atoms with E-state index in [1.54, 1.807) is 0 Å². The molecule has 0 radical (unpaired) electrons. The number of hydrogen-bond donors (Lipinski definition) is 0. The van der Waals surface area contributed by atoms with Crippen molar-refractivity contribution in [1.29, 1.82) is 0 Å². The lowest BCUT2D eigenvalue weighted by Gasteiger charge is -2.31. The molecule has 0 bridgehead atoms. The first-order chi connectivity index (χ1) is 13.6. The van der Waals surface area contributed by atoms with Crippen LogP contribution in [0.5, 0.6) is 5.75 Å². The van der Waals surface area contributed by atoms with Crippen LogP contribution in [0.2, 0.25) is 0 Å². The average Bonchev–Trinajstić information content (AvgIpc) is 3.16. The quantitative estimate of drug-likeness (QED) is 0.675. The van der Waals surface area contributed by atoms with Crippen LogP contribution in [0.25, 0.3) is 0 Å². The maximum Gasteiger partial charge on any atom is 0.411 e. The highest BCUT2D eigenvalue weighted by atomic mass is 16.6.